The molecule has 17 heavy (non-hydrogen) atoms. The van der Waals surface area contributed by atoms with E-state index < -0.39 is 0 Å². The summed E-state index contributed by atoms with van der Waals surface area (Å²) in [7, 11) is 0. The van der Waals surface area contributed by atoms with Crippen LogP contribution < -0.4 is 4.74 Å². The van der Waals surface area contributed by atoms with Gasteiger partial charge < -0.3 is 9.47 Å². The largest absolute Gasteiger partial charge is 0.489 e. The van der Waals surface area contributed by atoms with Crippen molar-refractivity contribution in [2.24, 2.45) is 5.92 Å². The van der Waals surface area contributed by atoms with Crippen LogP contribution in [0.3, 0.4) is 0 Å². The SMILES string of the molecule is O=C(OCC1=CCOc2ccccc21)C1CC1. The summed E-state index contributed by atoms with van der Waals surface area (Å²) in [5, 5.41) is 0. The fraction of sp³-hybridized carbons (Fsp3) is 0.357. The third kappa shape index (κ3) is 2.18. The van der Waals surface area contributed by atoms with Crippen LogP contribution in [-0.2, 0) is 9.53 Å². The van der Waals surface area contributed by atoms with Crippen LogP contribution in [0.4, 0.5) is 0 Å². The molecule has 0 N–H and O–H groups in total. The van der Waals surface area contributed by atoms with Crippen LogP contribution in [0.15, 0.2) is 30.3 Å². The number of hydrogen-bond acceptors (Lipinski definition) is 3. The van der Waals surface area contributed by atoms with Gasteiger partial charge in [0.05, 0.1) is 5.92 Å². The molecule has 1 aliphatic heterocycles. The highest BCUT2D eigenvalue weighted by molar-refractivity contribution is 5.78. The number of benzene rings is 1. The van der Waals surface area contributed by atoms with E-state index in [4.69, 9.17) is 9.47 Å². The first-order chi connectivity index (χ1) is 8.34. The zero-order valence-corrected chi connectivity index (χ0v) is 9.52. The predicted octanol–water partition coefficient (Wildman–Crippen LogP) is 2.42. The summed E-state index contributed by atoms with van der Waals surface area (Å²) in [6.45, 7) is 0.906. The van der Waals surface area contributed by atoms with Crippen molar-refractivity contribution < 1.29 is 14.3 Å². The molecule has 88 valence electrons. The Morgan fingerprint density at radius 3 is 3.00 bits per heavy atom. The van der Waals surface area contributed by atoms with Crippen LogP contribution in [-0.4, -0.2) is 19.2 Å². The summed E-state index contributed by atoms with van der Waals surface area (Å²) in [6, 6.07) is 7.83. The third-order valence-electron chi connectivity index (χ3n) is 3.08. The van der Waals surface area contributed by atoms with Gasteiger partial charge in [0.2, 0.25) is 0 Å². The van der Waals surface area contributed by atoms with E-state index >= 15 is 0 Å². The fourth-order valence-electron chi connectivity index (χ4n) is 1.92. The van der Waals surface area contributed by atoms with E-state index in [1.165, 1.54) is 0 Å². The molecule has 0 unspecified atom stereocenters. The van der Waals surface area contributed by atoms with Gasteiger partial charge in [-0.3, -0.25) is 4.79 Å². The summed E-state index contributed by atoms with van der Waals surface area (Å²) < 4.78 is 10.8. The van der Waals surface area contributed by atoms with E-state index in [0.717, 1.165) is 29.7 Å². The summed E-state index contributed by atoms with van der Waals surface area (Å²) in [5.41, 5.74) is 2.07. The van der Waals surface area contributed by atoms with Crippen molar-refractivity contribution in [1.29, 1.82) is 0 Å². The standard InChI is InChI=1S/C14H14O3/c15-14(10-5-6-10)17-9-11-7-8-16-13-4-2-1-3-12(11)13/h1-4,7,10H,5-6,8-9H2. The van der Waals surface area contributed by atoms with Gasteiger partial charge in [-0.25, -0.2) is 0 Å². The van der Waals surface area contributed by atoms with E-state index in [9.17, 15) is 4.79 Å². The van der Waals surface area contributed by atoms with E-state index in [1.807, 2.05) is 30.3 Å². The molecule has 1 heterocycles. The smallest absolute Gasteiger partial charge is 0.309 e. The number of ether oxygens (including phenoxy) is 2. The summed E-state index contributed by atoms with van der Waals surface area (Å²) in [4.78, 5) is 11.5. The molecule has 3 nitrogen and oxygen atoms in total. The van der Waals surface area contributed by atoms with Crippen LogP contribution in [0.25, 0.3) is 5.57 Å². The van der Waals surface area contributed by atoms with Crippen LogP contribution >= 0.6 is 0 Å². The molecule has 0 aromatic heterocycles. The Bertz CT molecular complexity index is 472. The highest BCUT2D eigenvalue weighted by Gasteiger charge is 2.31. The second kappa shape index (κ2) is 4.24. The van der Waals surface area contributed by atoms with E-state index in [2.05, 4.69) is 0 Å². The minimum atomic E-state index is -0.0603. The second-order valence-corrected chi connectivity index (χ2v) is 4.42. The fourth-order valence-corrected chi connectivity index (χ4v) is 1.92. The maximum Gasteiger partial charge on any atom is 0.309 e. The number of carbonyl (C=O) groups is 1. The van der Waals surface area contributed by atoms with Gasteiger partial charge in [0, 0.05) is 5.56 Å². The molecule has 1 aliphatic carbocycles. The van der Waals surface area contributed by atoms with Gasteiger partial charge >= 0.3 is 5.97 Å². The van der Waals surface area contributed by atoms with Gasteiger partial charge in [-0.15, -0.1) is 0 Å². The average Bonchev–Trinajstić information content (AvgIpc) is 3.20. The van der Waals surface area contributed by atoms with Crippen molar-refractivity contribution >= 4 is 11.5 Å². The molecule has 0 bridgehead atoms. The predicted molar refractivity (Wildman–Crippen MR) is 63.6 cm³/mol. The maximum atomic E-state index is 11.5. The highest BCUT2D eigenvalue weighted by Crippen LogP contribution is 2.32. The number of rotatable bonds is 3. The lowest BCUT2D eigenvalue weighted by atomic mass is 10.0. The molecule has 2 aliphatic rings. The van der Waals surface area contributed by atoms with Gasteiger partial charge in [-0.05, 0) is 30.6 Å². The van der Waals surface area contributed by atoms with Gasteiger partial charge in [-0.1, -0.05) is 18.2 Å². The van der Waals surface area contributed by atoms with Crippen molar-refractivity contribution in [2.45, 2.75) is 12.8 Å². The Hall–Kier alpha value is -1.77. The lowest BCUT2D eigenvalue weighted by Crippen LogP contribution is -2.12. The zero-order chi connectivity index (χ0) is 11.7. The Balaban J connectivity index is 1.70. The second-order valence-electron chi connectivity index (χ2n) is 4.42. The molecule has 3 rings (SSSR count). The molecule has 0 amide bonds. The lowest BCUT2D eigenvalue weighted by Gasteiger charge is -2.18. The molecule has 0 saturated heterocycles. The van der Waals surface area contributed by atoms with Crippen molar-refractivity contribution in [3.8, 4) is 5.75 Å². The quantitative estimate of drug-likeness (QED) is 0.748. The molecule has 3 heteroatoms. The lowest BCUT2D eigenvalue weighted by molar-refractivity contribution is -0.143. The third-order valence-corrected chi connectivity index (χ3v) is 3.08. The van der Waals surface area contributed by atoms with Crippen molar-refractivity contribution in [3.63, 3.8) is 0 Å². The van der Waals surface area contributed by atoms with Gasteiger partial charge in [0.1, 0.15) is 19.0 Å². The van der Waals surface area contributed by atoms with E-state index in [0.29, 0.717) is 13.2 Å². The Morgan fingerprint density at radius 1 is 1.35 bits per heavy atom. The summed E-state index contributed by atoms with van der Waals surface area (Å²) >= 11 is 0. The maximum absolute atomic E-state index is 11.5. The first kappa shape index (κ1) is 10.4. The van der Waals surface area contributed by atoms with Gasteiger partial charge in [-0.2, -0.15) is 0 Å². The molecule has 1 fully saturated rings. The molecular weight excluding hydrogens is 216 g/mol. The van der Waals surface area contributed by atoms with Crippen molar-refractivity contribution in [1.82, 2.24) is 0 Å². The van der Waals surface area contributed by atoms with Crippen molar-refractivity contribution in [3.05, 3.63) is 35.9 Å². The number of esters is 1. The summed E-state index contributed by atoms with van der Waals surface area (Å²) in [5.74, 6) is 0.966. The summed E-state index contributed by atoms with van der Waals surface area (Å²) in [6.07, 6.45) is 3.94. The van der Waals surface area contributed by atoms with Crippen LogP contribution in [0.2, 0.25) is 0 Å². The molecular formula is C14H14O3. The average molecular weight is 230 g/mol. The van der Waals surface area contributed by atoms with E-state index in [-0.39, 0.29) is 11.9 Å². The monoisotopic (exact) mass is 230 g/mol. The van der Waals surface area contributed by atoms with Gasteiger partial charge in [0.15, 0.2) is 0 Å². The minimum Gasteiger partial charge on any atom is -0.489 e. The molecule has 0 atom stereocenters. The molecule has 1 saturated carbocycles. The number of fused-ring (bicyclic) bond motifs is 1. The highest BCUT2D eigenvalue weighted by atomic mass is 16.5. The number of hydrogen-bond donors (Lipinski definition) is 0. The molecule has 0 spiro atoms. The Kier molecular flexibility index (Phi) is 2.59. The molecule has 1 aromatic rings. The number of para-hydroxylation sites is 1. The Morgan fingerprint density at radius 2 is 2.18 bits per heavy atom. The first-order valence-electron chi connectivity index (χ1n) is 5.92. The normalized spacial score (nSPS) is 17.8. The molecule has 1 aromatic carbocycles. The van der Waals surface area contributed by atoms with Crippen molar-refractivity contribution in [2.75, 3.05) is 13.2 Å². The zero-order valence-electron chi connectivity index (χ0n) is 9.52. The van der Waals surface area contributed by atoms with Crippen LogP contribution in [0.1, 0.15) is 18.4 Å². The van der Waals surface area contributed by atoms with Gasteiger partial charge in [0.25, 0.3) is 0 Å². The van der Waals surface area contributed by atoms with E-state index in [1.54, 1.807) is 0 Å². The topological polar surface area (TPSA) is 35.5 Å². The first-order valence-corrected chi connectivity index (χ1v) is 5.92. The Labute approximate surface area is 100 Å². The molecule has 0 radical (unpaired) electrons. The van der Waals surface area contributed by atoms with Crippen LogP contribution in [0.5, 0.6) is 5.75 Å². The number of carbonyl (C=O) groups excluding carboxylic acids is 1. The minimum absolute atomic E-state index is 0.0603. The van der Waals surface area contributed by atoms with Crippen LogP contribution in [0, 0.1) is 5.92 Å².